The molecule has 140 valence electrons. The highest BCUT2D eigenvalue weighted by molar-refractivity contribution is 5.81. The number of rotatable bonds is 6. The van der Waals surface area contributed by atoms with Gasteiger partial charge in [0, 0.05) is 32.0 Å². The van der Waals surface area contributed by atoms with E-state index in [0.29, 0.717) is 25.7 Å². The van der Waals surface area contributed by atoms with E-state index in [2.05, 4.69) is 15.3 Å². The Bertz CT molecular complexity index is 591. The molecule has 2 heterocycles. The average Bonchev–Trinajstić information content (AvgIpc) is 3.08. The number of hydrogen-bond donors (Lipinski definition) is 1. The molecule has 2 rings (SSSR count). The van der Waals surface area contributed by atoms with Crippen molar-refractivity contribution in [3.8, 4) is 0 Å². The first kappa shape index (κ1) is 19.1. The number of carbonyl (C=O) groups excluding carboxylic acids is 1. The van der Waals surface area contributed by atoms with Crippen LogP contribution in [0.25, 0.3) is 0 Å². The minimum atomic E-state index is -2.64. The van der Waals surface area contributed by atoms with E-state index in [4.69, 9.17) is 4.74 Å². The van der Waals surface area contributed by atoms with Crippen molar-refractivity contribution in [2.24, 2.45) is 10.9 Å². The molecule has 0 saturated carbocycles. The van der Waals surface area contributed by atoms with E-state index in [0.717, 1.165) is 24.0 Å². The van der Waals surface area contributed by atoms with Gasteiger partial charge in [0.1, 0.15) is 12.4 Å². The number of nitrogens with one attached hydrogen (secondary N) is 1. The zero-order valence-electron chi connectivity index (χ0n) is 14.6. The van der Waals surface area contributed by atoms with Crippen molar-refractivity contribution in [3.63, 3.8) is 0 Å². The molecule has 1 unspecified atom stereocenters. The fourth-order valence-electron chi connectivity index (χ4n) is 2.84. The van der Waals surface area contributed by atoms with Crippen LogP contribution < -0.4 is 5.32 Å². The highest BCUT2D eigenvalue weighted by Gasteiger charge is 2.28. The lowest BCUT2D eigenvalue weighted by Gasteiger charge is -2.34. The Morgan fingerprint density at radius 2 is 2.32 bits per heavy atom. The van der Waals surface area contributed by atoms with E-state index < -0.39 is 6.55 Å². The van der Waals surface area contributed by atoms with E-state index >= 15 is 0 Å². The topological polar surface area (TPSA) is 71.8 Å². The van der Waals surface area contributed by atoms with Crippen molar-refractivity contribution in [1.82, 2.24) is 19.8 Å². The second kappa shape index (κ2) is 9.33. The molecule has 25 heavy (non-hydrogen) atoms. The van der Waals surface area contributed by atoms with E-state index in [1.54, 1.807) is 6.92 Å². The molecule has 0 spiro atoms. The third-order valence-corrected chi connectivity index (χ3v) is 4.01. The molecule has 1 atom stereocenters. The lowest BCUT2D eigenvalue weighted by Crippen LogP contribution is -2.48. The number of carbonyl (C=O) groups is 1. The van der Waals surface area contributed by atoms with Crippen molar-refractivity contribution < 1.29 is 18.3 Å². The fourth-order valence-corrected chi connectivity index (χ4v) is 2.84. The van der Waals surface area contributed by atoms with Crippen molar-refractivity contribution in [2.75, 3.05) is 26.2 Å². The summed E-state index contributed by atoms with van der Waals surface area (Å²) in [6.07, 6.45) is 4.20. The molecule has 1 N–H and O–H groups in total. The normalized spacial score (nSPS) is 18.5. The first-order valence-corrected chi connectivity index (χ1v) is 8.56. The van der Waals surface area contributed by atoms with E-state index in [-0.39, 0.29) is 24.3 Å². The van der Waals surface area contributed by atoms with Crippen LogP contribution in [0.1, 0.15) is 39.1 Å². The molecule has 1 saturated heterocycles. The molecule has 0 radical (unpaired) electrons. The first-order valence-electron chi connectivity index (χ1n) is 8.56. The van der Waals surface area contributed by atoms with Crippen LogP contribution in [0.5, 0.6) is 0 Å². The lowest BCUT2D eigenvalue weighted by molar-refractivity contribution is -0.149. The number of likely N-dealkylation sites (tertiary alicyclic amines) is 1. The highest BCUT2D eigenvalue weighted by atomic mass is 19.3. The second-order valence-electron chi connectivity index (χ2n) is 5.74. The fraction of sp³-hybridized carbons (Fsp3) is 0.688. The first-order chi connectivity index (χ1) is 12.1. The number of piperidine rings is 1. The van der Waals surface area contributed by atoms with Gasteiger partial charge in [0.25, 0.3) is 0 Å². The summed E-state index contributed by atoms with van der Waals surface area (Å²) in [5.41, 5.74) is 0. The van der Waals surface area contributed by atoms with Gasteiger partial charge < -0.3 is 15.0 Å². The number of aromatic nitrogens is 2. The number of esters is 1. The van der Waals surface area contributed by atoms with E-state index in [1.165, 1.54) is 12.4 Å². The largest absolute Gasteiger partial charge is 0.466 e. The van der Waals surface area contributed by atoms with Gasteiger partial charge in [-0.15, -0.1) is 0 Å². The molecule has 1 aromatic heterocycles. The van der Waals surface area contributed by atoms with Gasteiger partial charge in [-0.2, -0.15) is 8.78 Å². The molecule has 0 aliphatic carbocycles. The number of halogens is 2. The Labute approximate surface area is 146 Å². The predicted octanol–water partition coefficient (Wildman–Crippen LogP) is 2.02. The van der Waals surface area contributed by atoms with Gasteiger partial charge in [-0.05, 0) is 26.7 Å². The molecule has 1 aliphatic rings. The molecule has 0 aromatic carbocycles. The van der Waals surface area contributed by atoms with Crippen LogP contribution in [-0.2, 0) is 16.1 Å². The summed E-state index contributed by atoms with van der Waals surface area (Å²) < 4.78 is 31.7. The summed E-state index contributed by atoms with van der Waals surface area (Å²) in [6.45, 7) is 3.39. The summed E-state index contributed by atoms with van der Waals surface area (Å²) in [4.78, 5) is 22.3. The number of hydrogen-bond acceptors (Lipinski definition) is 4. The molecular formula is C16H25F2N5O2. The monoisotopic (exact) mass is 357 g/mol. The molecule has 0 amide bonds. The van der Waals surface area contributed by atoms with E-state index in [1.807, 2.05) is 11.8 Å². The third kappa shape index (κ3) is 5.14. The molecule has 1 aliphatic heterocycles. The van der Waals surface area contributed by atoms with Gasteiger partial charge in [-0.1, -0.05) is 0 Å². The maximum absolute atomic E-state index is 12.9. The van der Waals surface area contributed by atoms with Crippen molar-refractivity contribution >= 4 is 11.9 Å². The SMILES string of the molecule is CCNC(=NCc1nccn1C(F)F)N1CCCC(C(=O)OCC)C1. The minimum Gasteiger partial charge on any atom is -0.466 e. The number of alkyl halides is 2. The van der Waals surface area contributed by atoms with Gasteiger partial charge in [0.2, 0.25) is 0 Å². The Morgan fingerprint density at radius 3 is 3.00 bits per heavy atom. The number of aliphatic imine (C=N–C) groups is 1. The molecule has 7 nitrogen and oxygen atoms in total. The van der Waals surface area contributed by atoms with Crippen LogP contribution in [0.15, 0.2) is 17.4 Å². The van der Waals surface area contributed by atoms with Crippen LogP contribution >= 0.6 is 0 Å². The van der Waals surface area contributed by atoms with Gasteiger partial charge in [-0.3, -0.25) is 9.36 Å². The molecular weight excluding hydrogens is 332 g/mol. The standard InChI is InChI=1S/C16H25F2N5O2/c1-3-19-16(21-10-13-20-7-9-23(13)15(17)18)22-8-5-6-12(11-22)14(24)25-4-2/h7,9,12,15H,3-6,8,10-11H2,1-2H3,(H,19,21). The highest BCUT2D eigenvalue weighted by Crippen LogP contribution is 2.18. The zero-order chi connectivity index (χ0) is 18.2. The maximum Gasteiger partial charge on any atom is 0.319 e. The Morgan fingerprint density at radius 1 is 1.52 bits per heavy atom. The Kier molecular flexibility index (Phi) is 7.15. The third-order valence-electron chi connectivity index (χ3n) is 4.01. The number of guanidine groups is 1. The van der Waals surface area contributed by atoms with Crippen LogP contribution in [0, 0.1) is 5.92 Å². The van der Waals surface area contributed by atoms with Crippen LogP contribution in [0.2, 0.25) is 0 Å². The van der Waals surface area contributed by atoms with Crippen molar-refractivity contribution in [3.05, 3.63) is 18.2 Å². The van der Waals surface area contributed by atoms with E-state index in [9.17, 15) is 13.6 Å². The van der Waals surface area contributed by atoms with Crippen LogP contribution in [0.3, 0.4) is 0 Å². The lowest BCUT2D eigenvalue weighted by atomic mass is 9.98. The minimum absolute atomic E-state index is 0.0419. The molecule has 9 heteroatoms. The van der Waals surface area contributed by atoms with Crippen molar-refractivity contribution in [2.45, 2.75) is 39.8 Å². The average molecular weight is 357 g/mol. The summed E-state index contributed by atoms with van der Waals surface area (Å²) >= 11 is 0. The zero-order valence-corrected chi connectivity index (χ0v) is 14.6. The van der Waals surface area contributed by atoms with Crippen molar-refractivity contribution in [1.29, 1.82) is 0 Å². The summed E-state index contributed by atoms with van der Waals surface area (Å²) in [5.74, 6) is 0.404. The molecule has 1 aromatic rings. The second-order valence-corrected chi connectivity index (χ2v) is 5.74. The van der Waals surface area contributed by atoms with Gasteiger partial charge in [0.05, 0.1) is 12.5 Å². The number of imidazole rings is 1. The van der Waals surface area contributed by atoms with Crippen LogP contribution in [-0.4, -0.2) is 52.6 Å². The van der Waals surface area contributed by atoms with Crippen LogP contribution in [0.4, 0.5) is 8.78 Å². The summed E-state index contributed by atoms with van der Waals surface area (Å²) in [7, 11) is 0. The molecule has 0 bridgehead atoms. The maximum atomic E-state index is 12.9. The summed E-state index contributed by atoms with van der Waals surface area (Å²) in [6, 6.07) is 0. The predicted molar refractivity (Wildman–Crippen MR) is 89.2 cm³/mol. The number of nitrogens with zero attached hydrogens (tertiary/aromatic N) is 4. The van der Waals surface area contributed by atoms with Gasteiger partial charge >= 0.3 is 12.5 Å². The Balaban J connectivity index is 2.08. The quantitative estimate of drug-likeness (QED) is 0.479. The van der Waals surface area contributed by atoms with Gasteiger partial charge in [0.15, 0.2) is 5.96 Å². The summed E-state index contributed by atoms with van der Waals surface area (Å²) in [5, 5.41) is 3.15. The number of ether oxygens (including phenoxy) is 1. The molecule has 1 fully saturated rings. The van der Waals surface area contributed by atoms with Gasteiger partial charge in [-0.25, -0.2) is 9.98 Å². The Hall–Kier alpha value is -2.19. The smallest absolute Gasteiger partial charge is 0.319 e.